The molecular weight excluding hydrogens is 304 g/mol. The van der Waals surface area contributed by atoms with E-state index in [1.54, 1.807) is 26.8 Å². The number of allylic oxidation sites excluding steroid dienone is 4. The molecule has 2 aliphatic carbocycles. The zero-order chi connectivity index (χ0) is 17.7. The smallest absolute Gasteiger partial charge is 0.351 e. The minimum atomic E-state index is -1.20. The maximum atomic E-state index is 12.6. The second kappa shape index (κ2) is 5.61. The van der Waals surface area contributed by atoms with E-state index in [1.807, 2.05) is 0 Å². The third-order valence-corrected chi connectivity index (χ3v) is 6.17. The number of carbonyl (C=O) groups is 2. The molecule has 4 heteroatoms. The van der Waals surface area contributed by atoms with Gasteiger partial charge < -0.3 is 9.47 Å². The summed E-state index contributed by atoms with van der Waals surface area (Å²) in [6.07, 6.45) is 9.63. The van der Waals surface area contributed by atoms with E-state index < -0.39 is 17.5 Å². The topological polar surface area (TPSA) is 52.6 Å². The van der Waals surface area contributed by atoms with Gasteiger partial charge in [0.05, 0.1) is 0 Å². The van der Waals surface area contributed by atoms with Gasteiger partial charge in [-0.25, -0.2) is 9.59 Å². The van der Waals surface area contributed by atoms with Crippen molar-refractivity contribution in [2.75, 3.05) is 0 Å². The highest BCUT2D eigenvalue weighted by molar-refractivity contribution is 5.92. The van der Waals surface area contributed by atoms with Crippen LogP contribution in [0.2, 0.25) is 0 Å². The van der Waals surface area contributed by atoms with Crippen LogP contribution in [0, 0.1) is 17.3 Å². The zero-order valence-corrected chi connectivity index (χ0v) is 15.1. The number of esters is 2. The molecule has 24 heavy (non-hydrogen) atoms. The van der Waals surface area contributed by atoms with Gasteiger partial charge in [-0.2, -0.15) is 0 Å². The molecule has 0 spiro atoms. The van der Waals surface area contributed by atoms with Crippen molar-refractivity contribution >= 4 is 11.9 Å². The van der Waals surface area contributed by atoms with E-state index in [1.165, 1.54) is 5.57 Å². The second-order valence-electron chi connectivity index (χ2n) is 7.74. The first-order valence-corrected chi connectivity index (χ1v) is 8.66. The van der Waals surface area contributed by atoms with Crippen LogP contribution in [0.4, 0.5) is 0 Å². The van der Waals surface area contributed by atoms with Crippen LogP contribution >= 0.6 is 0 Å². The monoisotopic (exact) mass is 330 g/mol. The van der Waals surface area contributed by atoms with Crippen molar-refractivity contribution in [2.24, 2.45) is 17.3 Å². The molecule has 0 aromatic carbocycles. The van der Waals surface area contributed by atoms with Gasteiger partial charge in [0, 0.05) is 17.4 Å². The highest BCUT2D eigenvalue weighted by Gasteiger charge is 2.63. The van der Waals surface area contributed by atoms with Crippen molar-refractivity contribution in [2.45, 2.75) is 59.2 Å². The second-order valence-corrected chi connectivity index (χ2v) is 7.74. The lowest BCUT2D eigenvalue weighted by atomic mass is 9.57. The molecule has 4 nitrogen and oxygen atoms in total. The van der Waals surface area contributed by atoms with Gasteiger partial charge in [-0.05, 0) is 46.0 Å². The van der Waals surface area contributed by atoms with Crippen LogP contribution in [0.15, 0.2) is 35.5 Å². The lowest BCUT2D eigenvalue weighted by Gasteiger charge is -2.48. The third-order valence-electron chi connectivity index (χ3n) is 6.17. The highest BCUT2D eigenvalue weighted by Crippen LogP contribution is 2.56. The van der Waals surface area contributed by atoms with Crippen molar-refractivity contribution in [3.8, 4) is 0 Å². The first-order valence-electron chi connectivity index (χ1n) is 8.66. The summed E-state index contributed by atoms with van der Waals surface area (Å²) in [6, 6.07) is 0. The number of hydrogen-bond acceptors (Lipinski definition) is 4. The average molecular weight is 330 g/mol. The average Bonchev–Trinajstić information content (AvgIpc) is 2.76. The summed E-state index contributed by atoms with van der Waals surface area (Å²) in [7, 11) is 0. The largest absolute Gasteiger partial charge is 0.458 e. The maximum absolute atomic E-state index is 12.6. The minimum absolute atomic E-state index is 0.00518. The lowest BCUT2D eigenvalue weighted by molar-refractivity contribution is -0.170. The van der Waals surface area contributed by atoms with E-state index in [0.717, 1.165) is 12.8 Å². The summed E-state index contributed by atoms with van der Waals surface area (Å²) in [5.41, 5.74) is 0.524. The fraction of sp³-hybridized carbons (Fsp3) is 0.600. The van der Waals surface area contributed by atoms with Crippen LogP contribution in [0.5, 0.6) is 0 Å². The molecule has 3 rings (SSSR count). The Morgan fingerprint density at radius 2 is 2.12 bits per heavy atom. The maximum Gasteiger partial charge on any atom is 0.351 e. The predicted octanol–water partition coefficient (Wildman–Crippen LogP) is 3.73. The number of ether oxygens (including phenoxy) is 2. The first kappa shape index (κ1) is 17.0. The fourth-order valence-electron chi connectivity index (χ4n) is 4.52. The van der Waals surface area contributed by atoms with Gasteiger partial charge in [0.15, 0.2) is 0 Å². The summed E-state index contributed by atoms with van der Waals surface area (Å²) < 4.78 is 11.5. The van der Waals surface area contributed by atoms with E-state index in [0.29, 0.717) is 5.57 Å². The quantitative estimate of drug-likeness (QED) is 0.572. The van der Waals surface area contributed by atoms with Crippen LogP contribution in [-0.2, 0) is 19.1 Å². The molecule has 0 unspecified atom stereocenters. The summed E-state index contributed by atoms with van der Waals surface area (Å²) in [5, 5.41) is 0. The number of fused-ring (bicyclic) bond motifs is 3. The molecule has 0 radical (unpaired) electrons. The first-order chi connectivity index (χ1) is 11.2. The van der Waals surface area contributed by atoms with Gasteiger partial charge in [0.1, 0.15) is 6.10 Å². The molecule has 3 aliphatic rings. The van der Waals surface area contributed by atoms with Crippen molar-refractivity contribution in [3.63, 3.8) is 0 Å². The van der Waals surface area contributed by atoms with Crippen LogP contribution in [-0.4, -0.2) is 23.6 Å². The Balaban J connectivity index is 1.92. The minimum Gasteiger partial charge on any atom is -0.458 e. The molecule has 0 aromatic heterocycles. The number of hydrogen-bond donors (Lipinski definition) is 0. The highest BCUT2D eigenvalue weighted by atomic mass is 16.6. The zero-order valence-electron chi connectivity index (χ0n) is 15.1. The standard InChI is InChI=1S/C20H26O4/c1-6-12(2)17(21)24-20(5)14-9-11-19(4)10-7-8-13(3)15(19)16(14)23-18(20)22/h6-8,10,14-16H,9,11H2,1-5H3/t14-,15+,16-,19+,20+/m0/s1. The molecule has 130 valence electrons. The van der Waals surface area contributed by atoms with Gasteiger partial charge in [0.25, 0.3) is 0 Å². The summed E-state index contributed by atoms with van der Waals surface area (Å²) in [6.45, 7) is 9.50. The summed E-state index contributed by atoms with van der Waals surface area (Å²) in [4.78, 5) is 24.9. The van der Waals surface area contributed by atoms with E-state index >= 15 is 0 Å². The molecular formula is C20H26O4. The van der Waals surface area contributed by atoms with E-state index in [4.69, 9.17) is 9.47 Å². The molecule has 1 aliphatic heterocycles. The van der Waals surface area contributed by atoms with Crippen molar-refractivity contribution in [1.29, 1.82) is 0 Å². The van der Waals surface area contributed by atoms with Crippen molar-refractivity contribution in [1.82, 2.24) is 0 Å². The Hall–Kier alpha value is -1.84. The third kappa shape index (κ3) is 2.35. The molecule has 1 saturated carbocycles. The van der Waals surface area contributed by atoms with Gasteiger partial charge in [0.2, 0.25) is 5.60 Å². The molecule has 1 heterocycles. The molecule has 5 atom stereocenters. The molecule has 1 saturated heterocycles. The lowest BCUT2D eigenvalue weighted by Crippen LogP contribution is -2.50. The molecule has 0 N–H and O–H groups in total. The van der Waals surface area contributed by atoms with Crippen LogP contribution in [0.3, 0.4) is 0 Å². The van der Waals surface area contributed by atoms with Gasteiger partial charge >= 0.3 is 11.9 Å². The Kier molecular flexibility index (Phi) is 3.97. The van der Waals surface area contributed by atoms with Crippen LogP contribution in [0.1, 0.15) is 47.5 Å². The van der Waals surface area contributed by atoms with E-state index in [9.17, 15) is 9.59 Å². The molecule has 0 aromatic rings. The van der Waals surface area contributed by atoms with Crippen molar-refractivity contribution in [3.05, 3.63) is 35.5 Å². The molecule has 2 fully saturated rings. The number of rotatable bonds is 2. The van der Waals surface area contributed by atoms with E-state index in [2.05, 4.69) is 32.1 Å². The summed E-state index contributed by atoms with van der Waals surface area (Å²) >= 11 is 0. The molecule has 0 bridgehead atoms. The molecule has 0 amide bonds. The Labute approximate surface area is 143 Å². The predicted molar refractivity (Wildman–Crippen MR) is 91.0 cm³/mol. The van der Waals surface area contributed by atoms with Gasteiger partial charge in [-0.15, -0.1) is 0 Å². The van der Waals surface area contributed by atoms with Crippen molar-refractivity contribution < 1.29 is 19.1 Å². The Morgan fingerprint density at radius 3 is 2.79 bits per heavy atom. The van der Waals surface area contributed by atoms with Gasteiger partial charge in [-0.1, -0.05) is 36.8 Å². The van der Waals surface area contributed by atoms with Crippen LogP contribution < -0.4 is 0 Å². The van der Waals surface area contributed by atoms with Gasteiger partial charge in [-0.3, -0.25) is 0 Å². The number of carbonyl (C=O) groups excluding carboxylic acids is 2. The fourth-order valence-corrected chi connectivity index (χ4v) is 4.52. The Bertz CT molecular complexity index is 671. The normalized spacial score (nSPS) is 41.2. The summed E-state index contributed by atoms with van der Waals surface area (Å²) in [5.74, 6) is -0.817. The Morgan fingerprint density at radius 1 is 1.42 bits per heavy atom. The SMILES string of the molecule is CC=C(C)C(=O)O[C@@]1(C)C(=O)O[C@@H]2[C@H]3C(C)=CC=C[C@]3(C)CC[C@@H]21. The van der Waals surface area contributed by atoms with Crippen LogP contribution in [0.25, 0.3) is 0 Å². The van der Waals surface area contributed by atoms with E-state index in [-0.39, 0.29) is 23.4 Å².